The van der Waals surface area contributed by atoms with Gasteiger partial charge in [0.25, 0.3) is 0 Å². The molecule has 1 N–H and O–H groups in total. The molecule has 0 radical (unpaired) electrons. The van der Waals surface area contributed by atoms with Gasteiger partial charge in [0.2, 0.25) is 11.3 Å². The molecule has 2 aromatic carbocycles. The number of ether oxygens (including phenoxy) is 2. The van der Waals surface area contributed by atoms with Gasteiger partial charge in [-0.1, -0.05) is 31.5 Å². The first-order chi connectivity index (χ1) is 14.6. The summed E-state index contributed by atoms with van der Waals surface area (Å²) >= 11 is 0. The van der Waals surface area contributed by atoms with E-state index < -0.39 is 0 Å². The van der Waals surface area contributed by atoms with E-state index in [4.69, 9.17) is 9.47 Å². The van der Waals surface area contributed by atoms with Crippen molar-refractivity contribution in [3.05, 3.63) is 64.4 Å². The van der Waals surface area contributed by atoms with Crippen LogP contribution in [0, 0.1) is 0 Å². The zero-order valence-electron chi connectivity index (χ0n) is 17.4. The average Bonchev–Trinajstić information content (AvgIpc) is 2.78. The number of aromatic nitrogens is 2. The van der Waals surface area contributed by atoms with Gasteiger partial charge in [0.05, 0.1) is 32.0 Å². The summed E-state index contributed by atoms with van der Waals surface area (Å²) in [5.41, 5.74) is 1.53. The minimum absolute atomic E-state index is 0.0955. The molecule has 0 aliphatic heterocycles. The van der Waals surface area contributed by atoms with Gasteiger partial charge in [-0.3, -0.25) is 14.3 Å². The van der Waals surface area contributed by atoms with Crippen LogP contribution in [0.1, 0.15) is 31.7 Å². The first-order valence-corrected chi connectivity index (χ1v) is 10.1. The Balaban J connectivity index is 1.56. The number of fused-ring (bicyclic) bond motifs is 1. The molecule has 0 fully saturated rings. The van der Waals surface area contributed by atoms with E-state index >= 15 is 0 Å². The standard InChI is InChI=1S/C23H27N3O4/c1-3-4-13-30-21-10-9-17(14-22(21)29-2)15-24-23(28)11-12-26-19-8-6-5-7-18(19)20(27)16-25-26/h5-10,14,16H,3-4,11-13,15H2,1-2H3,(H,24,28). The summed E-state index contributed by atoms with van der Waals surface area (Å²) in [6, 6.07) is 12.9. The van der Waals surface area contributed by atoms with E-state index in [0.29, 0.717) is 36.6 Å². The Hall–Kier alpha value is -3.35. The van der Waals surface area contributed by atoms with Crippen molar-refractivity contribution in [2.75, 3.05) is 13.7 Å². The van der Waals surface area contributed by atoms with E-state index in [2.05, 4.69) is 17.3 Å². The lowest BCUT2D eigenvalue weighted by molar-refractivity contribution is -0.121. The van der Waals surface area contributed by atoms with Gasteiger partial charge in [-0.05, 0) is 36.2 Å². The summed E-state index contributed by atoms with van der Waals surface area (Å²) in [5, 5.41) is 7.67. The lowest BCUT2D eigenvalue weighted by Crippen LogP contribution is -2.24. The molecule has 0 aliphatic carbocycles. The summed E-state index contributed by atoms with van der Waals surface area (Å²) < 4.78 is 12.8. The Morgan fingerprint density at radius 3 is 2.80 bits per heavy atom. The number of unbranched alkanes of at least 4 members (excludes halogenated alkanes) is 1. The van der Waals surface area contributed by atoms with E-state index in [-0.39, 0.29) is 17.8 Å². The van der Waals surface area contributed by atoms with Crippen LogP contribution >= 0.6 is 0 Å². The third-order valence-corrected chi connectivity index (χ3v) is 4.79. The molecule has 7 heteroatoms. The van der Waals surface area contributed by atoms with Gasteiger partial charge in [0, 0.05) is 18.4 Å². The quantitative estimate of drug-likeness (QED) is 0.520. The molecule has 3 rings (SSSR count). The zero-order chi connectivity index (χ0) is 21.3. The third-order valence-electron chi connectivity index (χ3n) is 4.79. The number of carbonyl (C=O) groups is 1. The second-order valence-electron chi connectivity index (χ2n) is 6.96. The monoisotopic (exact) mass is 409 g/mol. The topological polar surface area (TPSA) is 82.5 Å². The Bertz CT molecular complexity index is 1060. The van der Waals surface area contributed by atoms with Gasteiger partial charge in [0.15, 0.2) is 11.5 Å². The molecular formula is C23H27N3O4. The fourth-order valence-electron chi connectivity index (χ4n) is 3.10. The summed E-state index contributed by atoms with van der Waals surface area (Å²) in [6.07, 6.45) is 3.60. The molecule has 0 aliphatic rings. The fourth-order valence-corrected chi connectivity index (χ4v) is 3.10. The number of carbonyl (C=O) groups excluding carboxylic acids is 1. The summed E-state index contributed by atoms with van der Waals surface area (Å²) in [5.74, 6) is 1.26. The Kier molecular flexibility index (Phi) is 7.43. The van der Waals surface area contributed by atoms with Crippen molar-refractivity contribution in [3.63, 3.8) is 0 Å². The molecule has 158 valence electrons. The van der Waals surface area contributed by atoms with Crippen LogP contribution in [-0.2, 0) is 17.9 Å². The summed E-state index contributed by atoms with van der Waals surface area (Å²) in [4.78, 5) is 24.2. The maximum atomic E-state index is 12.3. The Morgan fingerprint density at radius 2 is 2.00 bits per heavy atom. The molecule has 0 unspecified atom stereocenters. The first kappa shape index (κ1) is 21.4. The molecule has 1 aromatic heterocycles. The van der Waals surface area contributed by atoms with Crippen molar-refractivity contribution in [2.45, 2.75) is 39.3 Å². The van der Waals surface area contributed by atoms with Crippen molar-refractivity contribution in [3.8, 4) is 11.5 Å². The number of nitrogens with zero attached hydrogens (tertiary/aromatic N) is 2. The Labute approximate surface area is 175 Å². The van der Waals surface area contributed by atoms with Crippen LogP contribution in [0.3, 0.4) is 0 Å². The van der Waals surface area contributed by atoms with Gasteiger partial charge < -0.3 is 14.8 Å². The molecule has 0 atom stereocenters. The van der Waals surface area contributed by atoms with Crippen LogP contribution in [0.2, 0.25) is 0 Å². The maximum absolute atomic E-state index is 12.3. The number of methoxy groups -OCH3 is 1. The smallest absolute Gasteiger partial charge is 0.222 e. The molecule has 3 aromatic rings. The second-order valence-corrected chi connectivity index (χ2v) is 6.96. The maximum Gasteiger partial charge on any atom is 0.222 e. The normalized spacial score (nSPS) is 10.7. The number of amides is 1. The number of hydrogen-bond donors (Lipinski definition) is 1. The number of para-hydroxylation sites is 1. The number of rotatable bonds is 10. The number of hydrogen-bond acceptors (Lipinski definition) is 5. The molecular weight excluding hydrogens is 382 g/mol. The van der Waals surface area contributed by atoms with Gasteiger partial charge in [0.1, 0.15) is 0 Å². The van der Waals surface area contributed by atoms with E-state index in [1.54, 1.807) is 17.9 Å². The molecule has 1 heterocycles. The summed E-state index contributed by atoms with van der Waals surface area (Å²) in [7, 11) is 1.60. The molecule has 0 saturated carbocycles. The fraction of sp³-hybridized carbons (Fsp3) is 0.348. The van der Waals surface area contributed by atoms with E-state index in [1.807, 2.05) is 36.4 Å². The lowest BCUT2D eigenvalue weighted by Gasteiger charge is -2.13. The van der Waals surface area contributed by atoms with Crippen molar-refractivity contribution < 1.29 is 14.3 Å². The largest absolute Gasteiger partial charge is 0.493 e. The molecule has 1 amide bonds. The van der Waals surface area contributed by atoms with Crippen LogP contribution in [0.4, 0.5) is 0 Å². The molecule has 0 saturated heterocycles. The van der Waals surface area contributed by atoms with Crippen LogP contribution in [0.5, 0.6) is 11.5 Å². The molecule has 30 heavy (non-hydrogen) atoms. The minimum Gasteiger partial charge on any atom is -0.493 e. The third kappa shape index (κ3) is 5.37. The van der Waals surface area contributed by atoms with Crippen LogP contribution in [-0.4, -0.2) is 29.4 Å². The highest BCUT2D eigenvalue weighted by molar-refractivity contribution is 5.79. The zero-order valence-corrected chi connectivity index (χ0v) is 17.4. The van der Waals surface area contributed by atoms with Gasteiger partial charge in [-0.25, -0.2) is 0 Å². The first-order valence-electron chi connectivity index (χ1n) is 10.1. The summed E-state index contributed by atoms with van der Waals surface area (Å²) in [6.45, 7) is 3.54. The second kappa shape index (κ2) is 10.4. The van der Waals surface area contributed by atoms with Crippen molar-refractivity contribution in [2.24, 2.45) is 0 Å². The molecule has 0 bridgehead atoms. The lowest BCUT2D eigenvalue weighted by atomic mass is 10.2. The van der Waals surface area contributed by atoms with Crippen LogP contribution in [0.15, 0.2) is 53.5 Å². The van der Waals surface area contributed by atoms with E-state index in [1.165, 1.54) is 6.20 Å². The van der Waals surface area contributed by atoms with Crippen LogP contribution in [0.25, 0.3) is 10.9 Å². The van der Waals surface area contributed by atoms with Crippen molar-refractivity contribution >= 4 is 16.8 Å². The number of benzene rings is 2. The van der Waals surface area contributed by atoms with Gasteiger partial charge in [-0.2, -0.15) is 5.10 Å². The minimum atomic E-state index is -0.123. The molecule has 0 spiro atoms. The van der Waals surface area contributed by atoms with Gasteiger partial charge in [-0.15, -0.1) is 0 Å². The highest BCUT2D eigenvalue weighted by atomic mass is 16.5. The van der Waals surface area contributed by atoms with Crippen LogP contribution < -0.4 is 20.2 Å². The van der Waals surface area contributed by atoms with E-state index in [9.17, 15) is 9.59 Å². The predicted octanol–water partition coefficient (Wildman–Crippen LogP) is 3.29. The highest BCUT2D eigenvalue weighted by Crippen LogP contribution is 2.28. The SMILES string of the molecule is CCCCOc1ccc(CNC(=O)CCn2ncc(=O)c3ccccc32)cc1OC. The number of aryl methyl sites for hydroxylation is 1. The van der Waals surface area contributed by atoms with Gasteiger partial charge >= 0.3 is 0 Å². The average molecular weight is 409 g/mol. The Morgan fingerprint density at radius 1 is 1.17 bits per heavy atom. The van der Waals surface area contributed by atoms with E-state index in [0.717, 1.165) is 23.9 Å². The number of nitrogens with one attached hydrogen (secondary N) is 1. The van der Waals surface area contributed by atoms with Crippen molar-refractivity contribution in [1.29, 1.82) is 0 Å². The highest BCUT2D eigenvalue weighted by Gasteiger charge is 2.09. The predicted molar refractivity (Wildman–Crippen MR) is 116 cm³/mol. The van der Waals surface area contributed by atoms with Crippen molar-refractivity contribution in [1.82, 2.24) is 15.1 Å². The molecule has 7 nitrogen and oxygen atoms in total.